The lowest BCUT2D eigenvalue weighted by molar-refractivity contribution is -0.135. The maximum atomic E-state index is 12.6. The van der Waals surface area contributed by atoms with Crippen LogP contribution in [0.4, 0.5) is 5.69 Å². The molecule has 1 aliphatic rings. The van der Waals surface area contributed by atoms with E-state index in [0.717, 1.165) is 11.3 Å². The molecule has 24 heavy (non-hydrogen) atoms. The first-order chi connectivity index (χ1) is 10.7. The summed E-state index contributed by atoms with van der Waals surface area (Å²) in [6.07, 6.45) is 0.278. The Morgan fingerprint density at radius 3 is 2.46 bits per heavy atom. The molecule has 134 valence electrons. The van der Waals surface area contributed by atoms with Gasteiger partial charge in [0.05, 0.1) is 5.92 Å². The van der Waals surface area contributed by atoms with E-state index in [1.165, 1.54) is 0 Å². The molecule has 1 atom stereocenters. The van der Waals surface area contributed by atoms with E-state index < -0.39 is 0 Å². The molecule has 0 aliphatic carbocycles. The van der Waals surface area contributed by atoms with Gasteiger partial charge >= 0.3 is 0 Å². The topological polar surface area (TPSA) is 66.6 Å². The number of amides is 2. The van der Waals surface area contributed by atoms with Crippen LogP contribution >= 0.6 is 12.4 Å². The van der Waals surface area contributed by atoms with Gasteiger partial charge in [-0.1, -0.05) is 31.5 Å². The zero-order valence-corrected chi connectivity index (χ0v) is 15.7. The smallest absolute Gasteiger partial charge is 0.227 e. The van der Waals surface area contributed by atoms with Gasteiger partial charge < -0.3 is 15.5 Å². The molecule has 0 radical (unpaired) electrons. The molecule has 2 N–H and O–H groups in total. The Balaban J connectivity index is 0.00000288. The Bertz CT molecular complexity index is 586. The van der Waals surface area contributed by atoms with Gasteiger partial charge in [0.25, 0.3) is 0 Å². The predicted molar refractivity (Wildman–Crippen MR) is 99.4 cm³/mol. The van der Waals surface area contributed by atoms with Gasteiger partial charge in [0.15, 0.2) is 0 Å². The standard InChI is InChI=1S/C18H27N3O2.ClH/c1-13-5-7-15(8-6-13)21-10-14(9-16(21)22)17(23)20(4)12-18(2,3)11-19;/h5-8,14H,9-12,19H2,1-4H3;1H. The molecule has 1 aromatic carbocycles. The van der Waals surface area contributed by atoms with Crippen LogP contribution in [0.15, 0.2) is 24.3 Å². The second kappa shape index (κ2) is 7.99. The van der Waals surface area contributed by atoms with Crippen molar-refractivity contribution in [3.05, 3.63) is 29.8 Å². The third-order valence-electron chi connectivity index (χ3n) is 4.41. The van der Waals surface area contributed by atoms with Crippen LogP contribution in [-0.4, -0.2) is 43.4 Å². The third kappa shape index (κ3) is 4.71. The van der Waals surface area contributed by atoms with Crippen LogP contribution in [0.1, 0.15) is 25.8 Å². The van der Waals surface area contributed by atoms with Gasteiger partial charge in [-0.2, -0.15) is 0 Å². The summed E-state index contributed by atoms with van der Waals surface area (Å²) in [6.45, 7) is 7.65. The fourth-order valence-electron chi connectivity index (χ4n) is 2.94. The van der Waals surface area contributed by atoms with E-state index in [1.807, 2.05) is 45.0 Å². The van der Waals surface area contributed by atoms with Gasteiger partial charge in [-0.3, -0.25) is 9.59 Å². The third-order valence-corrected chi connectivity index (χ3v) is 4.41. The van der Waals surface area contributed by atoms with Crippen LogP contribution in [0.3, 0.4) is 0 Å². The molecule has 1 aliphatic heterocycles. The lowest BCUT2D eigenvalue weighted by Gasteiger charge is -2.30. The monoisotopic (exact) mass is 353 g/mol. The predicted octanol–water partition coefficient (Wildman–Crippen LogP) is 2.21. The number of hydrogen-bond donors (Lipinski definition) is 1. The Morgan fingerprint density at radius 1 is 1.33 bits per heavy atom. The quantitative estimate of drug-likeness (QED) is 0.882. The fourth-order valence-corrected chi connectivity index (χ4v) is 2.94. The molecule has 2 rings (SSSR count). The molecule has 0 spiro atoms. The van der Waals surface area contributed by atoms with Gasteiger partial charge in [-0.25, -0.2) is 0 Å². The Labute approximate surface area is 150 Å². The van der Waals surface area contributed by atoms with Crippen molar-refractivity contribution >= 4 is 29.9 Å². The molecule has 1 unspecified atom stereocenters. The number of carbonyl (C=O) groups excluding carboxylic acids is 2. The van der Waals surface area contributed by atoms with Gasteiger partial charge in [-0.05, 0) is 31.0 Å². The molecule has 0 saturated carbocycles. The highest BCUT2D eigenvalue weighted by Crippen LogP contribution is 2.27. The van der Waals surface area contributed by atoms with Crippen molar-refractivity contribution in [1.29, 1.82) is 0 Å². The molecule has 1 aromatic rings. The largest absolute Gasteiger partial charge is 0.345 e. The van der Waals surface area contributed by atoms with Crippen molar-refractivity contribution in [3.63, 3.8) is 0 Å². The number of nitrogens with zero attached hydrogens (tertiary/aromatic N) is 2. The minimum absolute atomic E-state index is 0. The van der Waals surface area contributed by atoms with E-state index in [-0.39, 0.29) is 42.0 Å². The van der Waals surface area contributed by atoms with Crippen LogP contribution in [-0.2, 0) is 9.59 Å². The normalized spacial score (nSPS) is 17.6. The molecule has 1 heterocycles. The van der Waals surface area contributed by atoms with Gasteiger partial charge in [0.2, 0.25) is 11.8 Å². The molecule has 2 amide bonds. The zero-order chi connectivity index (χ0) is 17.2. The number of carbonyl (C=O) groups is 2. The molecule has 1 saturated heterocycles. The van der Waals surface area contributed by atoms with Gasteiger partial charge in [0.1, 0.15) is 0 Å². The van der Waals surface area contributed by atoms with Crippen molar-refractivity contribution < 1.29 is 9.59 Å². The van der Waals surface area contributed by atoms with Crippen molar-refractivity contribution in [1.82, 2.24) is 4.90 Å². The first-order valence-electron chi connectivity index (χ1n) is 8.05. The number of aryl methyl sites for hydroxylation is 1. The number of nitrogens with two attached hydrogens (primary N) is 1. The minimum Gasteiger partial charge on any atom is -0.345 e. The summed E-state index contributed by atoms with van der Waals surface area (Å²) in [5, 5.41) is 0. The molecule has 1 fully saturated rings. The number of halogens is 1. The molecular weight excluding hydrogens is 326 g/mol. The SMILES string of the molecule is Cc1ccc(N2CC(C(=O)N(C)CC(C)(C)CN)CC2=O)cc1.Cl. The van der Waals surface area contributed by atoms with Crippen molar-refractivity contribution in [2.75, 3.05) is 31.6 Å². The summed E-state index contributed by atoms with van der Waals surface area (Å²) in [4.78, 5) is 28.3. The highest BCUT2D eigenvalue weighted by Gasteiger charge is 2.37. The lowest BCUT2D eigenvalue weighted by Crippen LogP contribution is -2.42. The Hall–Kier alpha value is -1.59. The molecule has 6 heteroatoms. The summed E-state index contributed by atoms with van der Waals surface area (Å²) >= 11 is 0. The zero-order valence-electron chi connectivity index (χ0n) is 14.9. The van der Waals surface area contributed by atoms with E-state index >= 15 is 0 Å². The summed E-state index contributed by atoms with van der Waals surface area (Å²) in [5.41, 5.74) is 7.63. The Kier molecular flexibility index (Phi) is 6.81. The van der Waals surface area contributed by atoms with Gasteiger partial charge in [0, 0.05) is 32.2 Å². The molecule has 0 bridgehead atoms. The fraction of sp³-hybridized carbons (Fsp3) is 0.556. The van der Waals surface area contributed by atoms with Crippen molar-refractivity contribution in [2.45, 2.75) is 27.2 Å². The van der Waals surface area contributed by atoms with E-state index in [2.05, 4.69) is 0 Å². The molecule has 5 nitrogen and oxygen atoms in total. The number of benzene rings is 1. The Morgan fingerprint density at radius 2 is 1.92 bits per heavy atom. The highest BCUT2D eigenvalue weighted by atomic mass is 35.5. The molecule has 0 aromatic heterocycles. The van der Waals surface area contributed by atoms with Crippen LogP contribution in [0.25, 0.3) is 0 Å². The van der Waals surface area contributed by atoms with E-state index in [0.29, 0.717) is 19.6 Å². The van der Waals surface area contributed by atoms with E-state index in [1.54, 1.807) is 16.8 Å². The van der Waals surface area contributed by atoms with E-state index in [4.69, 9.17) is 5.73 Å². The lowest BCUT2D eigenvalue weighted by atomic mass is 9.92. The first kappa shape index (κ1) is 20.5. The average molecular weight is 354 g/mol. The first-order valence-corrected chi connectivity index (χ1v) is 8.05. The van der Waals surface area contributed by atoms with Crippen LogP contribution < -0.4 is 10.6 Å². The average Bonchev–Trinajstić information content (AvgIpc) is 2.88. The summed E-state index contributed by atoms with van der Waals surface area (Å²) in [7, 11) is 1.79. The number of anilines is 1. The van der Waals surface area contributed by atoms with E-state index in [9.17, 15) is 9.59 Å². The van der Waals surface area contributed by atoms with Crippen LogP contribution in [0, 0.1) is 18.3 Å². The second-order valence-corrected chi connectivity index (χ2v) is 7.30. The van der Waals surface area contributed by atoms with Crippen molar-refractivity contribution in [2.24, 2.45) is 17.1 Å². The van der Waals surface area contributed by atoms with Gasteiger partial charge in [-0.15, -0.1) is 12.4 Å². The minimum atomic E-state index is -0.276. The number of rotatable bonds is 5. The summed E-state index contributed by atoms with van der Waals surface area (Å²) in [6, 6.07) is 7.82. The van der Waals surface area contributed by atoms with Crippen molar-refractivity contribution in [3.8, 4) is 0 Å². The number of hydrogen-bond acceptors (Lipinski definition) is 3. The van der Waals surface area contributed by atoms with Crippen LogP contribution in [0.5, 0.6) is 0 Å². The van der Waals surface area contributed by atoms with Crippen LogP contribution in [0.2, 0.25) is 0 Å². The summed E-state index contributed by atoms with van der Waals surface area (Å²) < 4.78 is 0. The summed E-state index contributed by atoms with van der Waals surface area (Å²) in [5.74, 6) is -0.240. The second-order valence-electron chi connectivity index (χ2n) is 7.30. The molecular formula is C18H28ClN3O2. The maximum Gasteiger partial charge on any atom is 0.227 e. The highest BCUT2D eigenvalue weighted by molar-refractivity contribution is 6.00. The maximum absolute atomic E-state index is 12.6.